The van der Waals surface area contributed by atoms with Crippen LogP contribution in [0.15, 0.2) is 54.9 Å². The molecule has 3 aromatic rings. The Morgan fingerprint density at radius 1 is 1.12 bits per heavy atom. The van der Waals surface area contributed by atoms with Gasteiger partial charge in [0.25, 0.3) is 5.91 Å². The van der Waals surface area contributed by atoms with Gasteiger partial charge in [0.05, 0.1) is 11.7 Å². The lowest BCUT2D eigenvalue weighted by atomic mass is 10.1. The fourth-order valence-corrected chi connectivity index (χ4v) is 4.14. The third-order valence-electron chi connectivity index (χ3n) is 6.33. The molecule has 5 rings (SSSR count). The van der Waals surface area contributed by atoms with E-state index in [1.165, 1.54) is 0 Å². The average molecular weight is 448 g/mol. The molecule has 1 unspecified atom stereocenters. The number of pyridine rings is 1. The zero-order valence-electron chi connectivity index (χ0n) is 18.8. The smallest absolute Gasteiger partial charge is 0.254 e. The summed E-state index contributed by atoms with van der Waals surface area (Å²) in [5.41, 5.74) is 2.31. The average Bonchev–Trinajstić information content (AvgIpc) is 3.57. The summed E-state index contributed by atoms with van der Waals surface area (Å²) in [6.45, 7) is 4.86. The van der Waals surface area contributed by atoms with Crippen molar-refractivity contribution < 1.29 is 14.3 Å². The van der Waals surface area contributed by atoms with Crippen LogP contribution in [0, 0.1) is 0 Å². The molecule has 3 heterocycles. The lowest BCUT2D eigenvalue weighted by Gasteiger charge is -2.37. The minimum atomic E-state index is -0.167. The van der Waals surface area contributed by atoms with E-state index >= 15 is 0 Å². The molecule has 1 aromatic carbocycles. The fourth-order valence-electron chi connectivity index (χ4n) is 4.14. The van der Waals surface area contributed by atoms with Crippen LogP contribution in [-0.2, 0) is 11.4 Å². The molecule has 0 spiro atoms. The highest BCUT2D eigenvalue weighted by Gasteiger charge is 2.31. The summed E-state index contributed by atoms with van der Waals surface area (Å²) in [5.74, 6) is 0.720. The number of hydrogen-bond acceptors (Lipinski definition) is 5. The number of nitrogens with zero attached hydrogens (tertiary/aromatic N) is 4. The number of rotatable bonds is 7. The van der Waals surface area contributed by atoms with Crippen molar-refractivity contribution in [2.24, 2.45) is 0 Å². The predicted octanol–water partition coefficient (Wildman–Crippen LogP) is 2.34. The Morgan fingerprint density at radius 3 is 2.70 bits per heavy atom. The van der Waals surface area contributed by atoms with E-state index in [0.717, 1.165) is 24.2 Å². The Labute approximate surface area is 193 Å². The molecule has 1 atom stereocenters. The normalized spacial score (nSPS) is 17.7. The molecule has 172 valence electrons. The van der Waals surface area contributed by atoms with Gasteiger partial charge in [0, 0.05) is 50.2 Å². The van der Waals surface area contributed by atoms with Gasteiger partial charge in [0.2, 0.25) is 5.91 Å². The first kappa shape index (κ1) is 21.5. The van der Waals surface area contributed by atoms with Crippen LogP contribution in [-0.4, -0.2) is 69.3 Å². The summed E-state index contributed by atoms with van der Waals surface area (Å²) in [6, 6.07) is 13.3. The topological polar surface area (TPSA) is 79.2 Å². The van der Waals surface area contributed by atoms with Crippen LogP contribution in [0.25, 0.3) is 5.65 Å². The van der Waals surface area contributed by atoms with Crippen molar-refractivity contribution >= 4 is 17.5 Å². The molecule has 2 aliphatic rings. The maximum Gasteiger partial charge on any atom is 0.254 e. The summed E-state index contributed by atoms with van der Waals surface area (Å²) >= 11 is 0. The first-order valence-electron chi connectivity index (χ1n) is 11.6. The minimum absolute atomic E-state index is 0.0112. The Balaban J connectivity index is 1.15. The highest BCUT2D eigenvalue weighted by Crippen LogP contribution is 2.20. The number of amides is 2. The van der Waals surface area contributed by atoms with Crippen LogP contribution in [0.3, 0.4) is 0 Å². The van der Waals surface area contributed by atoms with Crippen LogP contribution in [0.1, 0.15) is 35.8 Å². The van der Waals surface area contributed by atoms with Crippen molar-refractivity contribution in [1.82, 2.24) is 24.5 Å². The van der Waals surface area contributed by atoms with Gasteiger partial charge < -0.3 is 19.4 Å². The van der Waals surface area contributed by atoms with Crippen LogP contribution in [0.4, 0.5) is 0 Å². The maximum atomic E-state index is 13.1. The van der Waals surface area contributed by atoms with Gasteiger partial charge in [-0.2, -0.15) is 0 Å². The number of fused-ring (bicyclic) bond motifs is 1. The van der Waals surface area contributed by atoms with Crippen molar-refractivity contribution in [2.75, 3.05) is 26.2 Å². The number of aromatic nitrogens is 2. The molecule has 1 aliphatic carbocycles. The summed E-state index contributed by atoms with van der Waals surface area (Å²) in [4.78, 5) is 33.9. The molecule has 0 bridgehead atoms. The minimum Gasteiger partial charge on any atom is -0.487 e. The van der Waals surface area contributed by atoms with Gasteiger partial charge in [-0.25, -0.2) is 4.98 Å². The quantitative estimate of drug-likeness (QED) is 0.602. The van der Waals surface area contributed by atoms with E-state index in [1.54, 1.807) is 6.07 Å². The zero-order chi connectivity index (χ0) is 22.8. The highest BCUT2D eigenvalue weighted by molar-refractivity contribution is 5.94. The summed E-state index contributed by atoms with van der Waals surface area (Å²) in [7, 11) is 0. The largest absolute Gasteiger partial charge is 0.487 e. The first-order valence-corrected chi connectivity index (χ1v) is 11.6. The second-order valence-electron chi connectivity index (χ2n) is 8.80. The second-order valence-corrected chi connectivity index (χ2v) is 8.80. The Kier molecular flexibility index (Phi) is 6.00. The maximum absolute atomic E-state index is 13.1. The van der Waals surface area contributed by atoms with E-state index in [0.29, 0.717) is 50.1 Å². The Hall–Kier alpha value is -3.39. The monoisotopic (exact) mass is 447 g/mol. The van der Waals surface area contributed by atoms with Crippen LogP contribution in [0.5, 0.6) is 5.75 Å². The van der Waals surface area contributed by atoms with Gasteiger partial charge in [-0.3, -0.25) is 14.5 Å². The van der Waals surface area contributed by atoms with E-state index in [9.17, 15) is 9.59 Å². The molecular weight excluding hydrogens is 418 g/mol. The Morgan fingerprint density at radius 2 is 1.94 bits per heavy atom. The third kappa shape index (κ3) is 5.01. The highest BCUT2D eigenvalue weighted by atomic mass is 16.5. The SMILES string of the molecule is CC(C(=O)NC1CC1)N1CCN(C(=O)c2cccc(OCc3cn4ccccc4n3)c2)CC1. The van der Waals surface area contributed by atoms with Crippen molar-refractivity contribution in [2.45, 2.75) is 38.5 Å². The number of nitrogens with one attached hydrogen (secondary N) is 1. The molecule has 8 heteroatoms. The molecule has 33 heavy (non-hydrogen) atoms. The van der Waals surface area contributed by atoms with Gasteiger partial charge in [-0.05, 0) is 50.1 Å². The molecule has 2 fully saturated rings. The molecule has 0 radical (unpaired) electrons. The molecule has 8 nitrogen and oxygen atoms in total. The van der Waals surface area contributed by atoms with Gasteiger partial charge in [0.15, 0.2) is 0 Å². The lowest BCUT2D eigenvalue weighted by molar-refractivity contribution is -0.126. The van der Waals surface area contributed by atoms with Crippen LogP contribution < -0.4 is 10.1 Å². The standard InChI is InChI=1S/C25H29N5O3/c1-18(24(31)27-20-8-9-20)28-11-13-29(14-12-28)25(32)19-5-4-6-22(15-19)33-17-21-16-30-10-3-2-7-23(30)26-21/h2-7,10,15-16,18,20H,8-9,11-14,17H2,1H3,(H,27,31). The van der Waals surface area contributed by atoms with E-state index in [1.807, 2.05) is 65.0 Å². The number of ether oxygens (including phenoxy) is 1. The van der Waals surface area contributed by atoms with E-state index < -0.39 is 0 Å². The summed E-state index contributed by atoms with van der Waals surface area (Å²) < 4.78 is 7.87. The molecule has 1 saturated carbocycles. The van der Waals surface area contributed by atoms with Gasteiger partial charge in [-0.15, -0.1) is 0 Å². The van der Waals surface area contributed by atoms with Crippen molar-refractivity contribution in [3.63, 3.8) is 0 Å². The molecule has 1 saturated heterocycles. The summed E-state index contributed by atoms with van der Waals surface area (Å²) in [6.07, 6.45) is 6.06. The number of hydrogen-bond donors (Lipinski definition) is 1. The van der Waals surface area contributed by atoms with E-state index in [4.69, 9.17) is 4.74 Å². The van der Waals surface area contributed by atoms with E-state index in [2.05, 4.69) is 15.2 Å². The molecule has 1 aliphatic heterocycles. The van der Waals surface area contributed by atoms with Gasteiger partial charge >= 0.3 is 0 Å². The number of imidazole rings is 1. The predicted molar refractivity (Wildman–Crippen MR) is 124 cm³/mol. The third-order valence-corrected chi connectivity index (χ3v) is 6.33. The second kappa shape index (κ2) is 9.23. The number of carbonyl (C=O) groups is 2. The first-order chi connectivity index (χ1) is 16.1. The molecule has 2 aromatic heterocycles. The number of piperazine rings is 1. The zero-order valence-corrected chi connectivity index (χ0v) is 18.8. The van der Waals surface area contributed by atoms with Crippen molar-refractivity contribution in [1.29, 1.82) is 0 Å². The molecular formula is C25H29N5O3. The van der Waals surface area contributed by atoms with Crippen LogP contribution >= 0.6 is 0 Å². The van der Waals surface area contributed by atoms with E-state index in [-0.39, 0.29) is 17.9 Å². The molecule has 1 N–H and O–H groups in total. The van der Waals surface area contributed by atoms with Crippen LogP contribution in [0.2, 0.25) is 0 Å². The lowest BCUT2D eigenvalue weighted by Crippen LogP contribution is -2.55. The van der Waals surface area contributed by atoms with Gasteiger partial charge in [0.1, 0.15) is 18.0 Å². The number of benzene rings is 1. The number of carbonyl (C=O) groups excluding carboxylic acids is 2. The molecule has 2 amide bonds. The Bertz CT molecular complexity index is 1110. The van der Waals surface area contributed by atoms with Gasteiger partial charge in [-0.1, -0.05) is 12.1 Å². The fraction of sp³-hybridized carbons (Fsp3) is 0.400. The van der Waals surface area contributed by atoms with Crippen molar-refractivity contribution in [3.05, 3.63) is 66.1 Å². The summed E-state index contributed by atoms with van der Waals surface area (Å²) in [5, 5.41) is 3.07. The van der Waals surface area contributed by atoms with Crippen molar-refractivity contribution in [3.8, 4) is 5.75 Å².